The van der Waals surface area contributed by atoms with Gasteiger partial charge in [-0.05, 0) is 33.3 Å². The monoisotopic (exact) mass is 261 g/mol. The van der Waals surface area contributed by atoms with Crippen molar-refractivity contribution in [1.82, 2.24) is 14.7 Å². The van der Waals surface area contributed by atoms with Crippen molar-refractivity contribution in [2.75, 3.05) is 0 Å². The van der Waals surface area contributed by atoms with Crippen molar-refractivity contribution in [3.63, 3.8) is 0 Å². The molecule has 2 rings (SSSR count). The predicted molar refractivity (Wildman–Crippen MR) is 73.6 cm³/mol. The molecule has 5 nitrogen and oxygen atoms in total. The maximum absolute atomic E-state index is 12.1. The first-order chi connectivity index (χ1) is 8.93. The summed E-state index contributed by atoms with van der Waals surface area (Å²) in [4.78, 5) is 16.3. The van der Waals surface area contributed by atoms with Crippen molar-refractivity contribution in [2.24, 2.45) is 0 Å². The number of fused-ring (bicyclic) bond motifs is 1. The highest BCUT2D eigenvalue weighted by molar-refractivity contribution is 5.95. The fraction of sp³-hybridized carbons (Fsp3) is 0.429. The summed E-state index contributed by atoms with van der Waals surface area (Å²) in [5.41, 5.74) is 2.68. The Kier molecular flexibility index (Phi) is 3.46. The molecule has 0 saturated heterocycles. The molecule has 2 heterocycles. The van der Waals surface area contributed by atoms with Gasteiger partial charge in [0.25, 0.3) is 5.91 Å². The summed E-state index contributed by atoms with van der Waals surface area (Å²) in [6, 6.07) is 1.56. The number of nitrogens with one attached hydrogen (secondary N) is 1. The second-order valence-electron chi connectivity index (χ2n) is 4.87. The van der Waals surface area contributed by atoms with Crippen molar-refractivity contribution in [2.45, 2.75) is 40.2 Å². The summed E-state index contributed by atoms with van der Waals surface area (Å²) in [5, 5.41) is 12.8. The third-order valence-electron chi connectivity index (χ3n) is 3.43. The number of aromatic hydroxyl groups is 1. The molecule has 2 N–H and O–H groups in total. The van der Waals surface area contributed by atoms with E-state index in [4.69, 9.17) is 0 Å². The van der Waals surface area contributed by atoms with Crippen LogP contribution in [0.2, 0.25) is 0 Å². The van der Waals surface area contributed by atoms with Gasteiger partial charge in [0.2, 0.25) is 0 Å². The summed E-state index contributed by atoms with van der Waals surface area (Å²) in [6.07, 6.45) is 2.57. The Labute approximate surface area is 112 Å². The minimum absolute atomic E-state index is 0.0213. The van der Waals surface area contributed by atoms with Gasteiger partial charge in [0, 0.05) is 17.9 Å². The molecule has 0 bridgehead atoms. The molecule has 2 aromatic rings. The van der Waals surface area contributed by atoms with E-state index in [-0.39, 0.29) is 17.7 Å². The van der Waals surface area contributed by atoms with Gasteiger partial charge >= 0.3 is 0 Å². The first kappa shape index (κ1) is 13.4. The third-order valence-corrected chi connectivity index (χ3v) is 3.43. The van der Waals surface area contributed by atoms with Gasteiger partial charge in [0.05, 0.1) is 11.3 Å². The Hall–Kier alpha value is -2.04. The van der Waals surface area contributed by atoms with Crippen LogP contribution in [0.1, 0.15) is 42.0 Å². The maximum Gasteiger partial charge on any atom is 0.253 e. The van der Waals surface area contributed by atoms with E-state index in [9.17, 15) is 9.90 Å². The fourth-order valence-corrected chi connectivity index (χ4v) is 1.89. The summed E-state index contributed by atoms with van der Waals surface area (Å²) >= 11 is 0. The number of rotatable bonds is 3. The minimum Gasteiger partial charge on any atom is -0.504 e. The van der Waals surface area contributed by atoms with E-state index < -0.39 is 0 Å². The van der Waals surface area contributed by atoms with Crippen LogP contribution < -0.4 is 5.32 Å². The SMILES string of the molecule is CCC(C)NC(=O)c1cc(O)c2nc(C)c(C)n2c1. The number of imidazole rings is 1. The van der Waals surface area contributed by atoms with Gasteiger partial charge in [-0.2, -0.15) is 0 Å². The van der Waals surface area contributed by atoms with E-state index in [1.165, 1.54) is 6.07 Å². The van der Waals surface area contributed by atoms with E-state index in [0.717, 1.165) is 17.8 Å². The Balaban J connectivity index is 2.45. The van der Waals surface area contributed by atoms with Gasteiger partial charge < -0.3 is 14.8 Å². The van der Waals surface area contributed by atoms with Gasteiger partial charge in [-0.25, -0.2) is 4.98 Å². The number of hydrogen-bond acceptors (Lipinski definition) is 3. The first-order valence-corrected chi connectivity index (χ1v) is 6.43. The molecule has 102 valence electrons. The van der Waals surface area contributed by atoms with Crippen LogP contribution in [-0.4, -0.2) is 26.4 Å². The fourth-order valence-electron chi connectivity index (χ4n) is 1.89. The van der Waals surface area contributed by atoms with Gasteiger partial charge in [-0.15, -0.1) is 0 Å². The average molecular weight is 261 g/mol. The number of aromatic nitrogens is 2. The smallest absolute Gasteiger partial charge is 0.253 e. The van der Waals surface area contributed by atoms with E-state index >= 15 is 0 Å². The molecule has 0 aromatic carbocycles. The highest BCUT2D eigenvalue weighted by atomic mass is 16.3. The first-order valence-electron chi connectivity index (χ1n) is 6.43. The number of pyridine rings is 1. The molecule has 0 aliphatic rings. The molecule has 0 aliphatic heterocycles. The van der Waals surface area contributed by atoms with Crippen LogP contribution in [0.4, 0.5) is 0 Å². The van der Waals surface area contributed by atoms with Crippen LogP contribution in [0.5, 0.6) is 5.75 Å². The molecule has 2 aromatic heterocycles. The summed E-state index contributed by atoms with van der Waals surface area (Å²) in [5.74, 6) is -0.162. The Morgan fingerprint density at radius 2 is 2.21 bits per heavy atom. The largest absolute Gasteiger partial charge is 0.504 e. The van der Waals surface area contributed by atoms with Crippen molar-refractivity contribution >= 4 is 11.6 Å². The molecule has 0 aliphatic carbocycles. The van der Waals surface area contributed by atoms with Crippen LogP contribution in [0.25, 0.3) is 5.65 Å². The number of carbonyl (C=O) groups is 1. The van der Waals surface area contributed by atoms with Crippen LogP contribution in [0.3, 0.4) is 0 Å². The number of nitrogens with zero attached hydrogens (tertiary/aromatic N) is 2. The lowest BCUT2D eigenvalue weighted by Gasteiger charge is -2.12. The Bertz CT molecular complexity index is 631. The molecule has 1 amide bonds. The Morgan fingerprint density at radius 3 is 2.84 bits per heavy atom. The van der Waals surface area contributed by atoms with Crippen LogP contribution in [0.15, 0.2) is 12.3 Å². The standard InChI is InChI=1S/C14H19N3O2/c1-5-8(2)15-14(19)11-6-12(18)13-16-9(3)10(4)17(13)7-11/h6-8,18H,5H2,1-4H3,(H,15,19). The third kappa shape index (κ3) is 2.41. The molecule has 0 fully saturated rings. The molecule has 19 heavy (non-hydrogen) atoms. The van der Waals surface area contributed by atoms with Crippen molar-refractivity contribution in [3.05, 3.63) is 29.2 Å². The Morgan fingerprint density at radius 1 is 1.53 bits per heavy atom. The van der Waals surface area contributed by atoms with Crippen LogP contribution in [0, 0.1) is 13.8 Å². The quantitative estimate of drug-likeness (QED) is 0.890. The maximum atomic E-state index is 12.1. The molecule has 0 saturated carbocycles. The summed E-state index contributed by atoms with van der Waals surface area (Å²) < 4.78 is 1.75. The number of amides is 1. The highest BCUT2D eigenvalue weighted by Crippen LogP contribution is 2.22. The highest BCUT2D eigenvalue weighted by Gasteiger charge is 2.14. The number of carbonyl (C=O) groups excluding carboxylic acids is 1. The average Bonchev–Trinajstić information content (AvgIpc) is 2.66. The summed E-state index contributed by atoms with van der Waals surface area (Å²) in [7, 11) is 0. The molecule has 5 heteroatoms. The number of hydrogen-bond donors (Lipinski definition) is 2. The van der Waals surface area contributed by atoms with E-state index in [2.05, 4.69) is 10.3 Å². The van der Waals surface area contributed by atoms with Gasteiger partial charge in [-0.1, -0.05) is 6.92 Å². The molecule has 1 unspecified atom stereocenters. The minimum atomic E-state index is -0.183. The van der Waals surface area contributed by atoms with Crippen LogP contribution >= 0.6 is 0 Å². The van der Waals surface area contributed by atoms with Crippen molar-refractivity contribution in [1.29, 1.82) is 0 Å². The molecular weight excluding hydrogens is 242 g/mol. The zero-order valence-corrected chi connectivity index (χ0v) is 11.7. The van der Waals surface area contributed by atoms with E-state index in [0.29, 0.717) is 11.2 Å². The summed E-state index contributed by atoms with van der Waals surface area (Å²) in [6.45, 7) is 7.74. The lowest BCUT2D eigenvalue weighted by molar-refractivity contribution is 0.0938. The zero-order valence-electron chi connectivity index (χ0n) is 11.7. The van der Waals surface area contributed by atoms with Gasteiger partial charge in [-0.3, -0.25) is 4.79 Å². The number of aryl methyl sites for hydroxylation is 2. The molecule has 0 radical (unpaired) electrons. The van der Waals surface area contributed by atoms with Crippen LogP contribution in [-0.2, 0) is 0 Å². The second-order valence-corrected chi connectivity index (χ2v) is 4.87. The zero-order chi connectivity index (χ0) is 14.2. The topological polar surface area (TPSA) is 66.6 Å². The van der Waals surface area contributed by atoms with Gasteiger partial charge in [0.15, 0.2) is 11.4 Å². The second kappa shape index (κ2) is 4.91. The van der Waals surface area contributed by atoms with Gasteiger partial charge in [0.1, 0.15) is 0 Å². The lowest BCUT2D eigenvalue weighted by atomic mass is 10.2. The van der Waals surface area contributed by atoms with E-state index in [1.54, 1.807) is 10.6 Å². The van der Waals surface area contributed by atoms with Crippen molar-refractivity contribution in [3.8, 4) is 5.75 Å². The molecule has 0 spiro atoms. The molecule has 1 atom stereocenters. The predicted octanol–water partition coefficient (Wildman–Crippen LogP) is 2.19. The van der Waals surface area contributed by atoms with E-state index in [1.807, 2.05) is 27.7 Å². The molecular formula is C14H19N3O2. The normalized spacial score (nSPS) is 12.6. The lowest BCUT2D eigenvalue weighted by Crippen LogP contribution is -2.32. The van der Waals surface area contributed by atoms with Crippen molar-refractivity contribution < 1.29 is 9.90 Å².